The molecule has 90 valence electrons. The van der Waals surface area contributed by atoms with Crippen molar-refractivity contribution in [1.29, 1.82) is 0 Å². The Kier molecular flexibility index (Phi) is 4.54. The molecule has 5 nitrogen and oxygen atoms in total. The molecule has 0 aliphatic heterocycles. The maximum absolute atomic E-state index is 12.7. The van der Waals surface area contributed by atoms with Gasteiger partial charge in [-0.25, -0.2) is 0 Å². The number of aromatic nitrogens is 3. The van der Waals surface area contributed by atoms with Crippen molar-refractivity contribution >= 4 is 11.6 Å². The molecule has 0 bridgehead atoms. The number of hydrogen-bond acceptors (Lipinski definition) is 4. The number of rotatable bonds is 1. The second-order valence-electron chi connectivity index (χ2n) is 3.32. The Morgan fingerprint density at radius 2 is 1.94 bits per heavy atom. The van der Waals surface area contributed by atoms with Gasteiger partial charge in [0, 0.05) is 5.56 Å². The third kappa shape index (κ3) is 2.59. The zero-order chi connectivity index (χ0) is 12.8. The van der Waals surface area contributed by atoms with Gasteiger partial charge in [0.1, 0.15) is 11.5 Å². The summed E-state index contributed by atoms with van der Waals surface area (Å²) in [5.41, 5.74) is -1.84. The fraction of sp³-hybridized carbons (Fsp3) is 0.222. The third-order valence-electron chi connectivity index (χ3n) is 2.22. The van der Waals surface area contributed by atoms with Crippen molar-refractivity contribution in [2.45, 2.75) is 13.1 Å². The summed E-state index contributed by atoms with van der Waals surface area (Å²) >= 11 is 0. The Hall–Kier alpha value is -0.484. The molecular weight excluding hydrogens is 278 g/mol. The van der Waals surface area contributed by atoms with Crippen molar-refractivity contribution in [2.75, 3.05) is 0 Å². The minimum atomic E-state index is -4.62. The molecule has 0 radical (unpaired) electrons. The standard InChI is InChI=1S/C9H6F3N3O2.K/c1-4-13-14-7-5(8(16)17)2-3-6(15(4)7)9(10,11)12;/h2-3H,1H3,(H,16,17);/q;+1/p-1. The van der Waals surface area contributed by atoms with E-state index in [0.29, 0.717) is 10.5 Å². The number of nitrogens with zero attached hydrogens (tertiary/aromatic N) is 3. The molecule has 0 aliphatic carbocycles. The average Bonchev–Trinajstić information content (AvgIpc) is 2.58. The Bertz CT molecular complexity index is 609. The first-order valence-corrected chi connectivity index (χ1v) is 4.45. The van der Waals surface area contributed by atoms with Crippen molar-refractivity contribution in [3.8, 4) is 0 Å². The molecule has 0 saturated heterocycles. The van der Waals surface area contributed by atoms with Gasteiger partial charge < -0.3 is 9.90 Å². The molecule has 18 heavy (non-hydrogen) atoms. The SMILES string of the molecule is Cc1nnc2c(C(=O)[O-])ccc(C(F)(F)F)n12.[K+]. The molecule has 2 rings (SSSR count). The summed E-state index contributed by atoms with van der Waals surface area (Å²) in [4.78, 5) is 10.7. The normalized spacial score (nSPS) is 11.3. The van der Waals surface area contributed by atoms with Crippen LogP contribution in [0.3, 0.4) is 0 Å². The number of aromatic carboxylic acids is 1. The number of carbonyl (C=O) groups is 1. The van der Waals surface area contributed by atoms with Crippen molar-refractivity contribution in [3.05, 3.63) is 29.2 Å². The summed E-state index contributed by atoms with van der Waals surface area (Å²) < 4.78 is 38.7. The molecule has 0 amide bonds. The second kappa shape index (κ2) is 5.25. The molecule has 0 fully saturated rings. The van der Waals surface area contributed by atoms with Gasteiger partial charge in [0.15, 0.2) is 5.65 Å². The number of aryl methyl sites for hydroxylation is 1. The van der Waals surface area contributed by atoms with Crippen LogP contribution < -0.4 is 56.5 Å². The van der Waals surface area contributed by atoms with Gasteiger partial charge in [0.2, 0.25) is 0 Å². The van der Waals surface area contributed by atoms with Crippen LogP contribution in [0.5, 0.6) is 0 Å². The zero-order valence-electron chi connectivity index (χ0n) is 9.45. The number of pyridine rings is 1. The van der Waals surface area contributed by atoms with Crippen LogP contribution in [-0.4, -0.2) is 20.6 Å². The van der Waals surface area contributed by atoms with Crippen molar-refractivity contribution < 1.29 is 74.5 Å². The molecule has 2 aromatic rings. The Labute approximate surface area is 141 Å². The summed E-state index contributed by atoms with van der Waals surface area (Å²) in [6, 6.07) is 1.47. The molecule has 0 atom stereocenters. The first kappa shape index (κ1) is 15.6. The Morgan fingerprint density at radius 3 is 2.44 bits per heavy atom. The van der Waals surface area contributed by atoms with E-state index >= 15 is 0 Å². The van der Waals surface area contributed by atoms with Gasteiger partial charge >= 0.3 is 57.6 Å². The van der Waals surface area contributed by atoms with Crippen LogP contribution in [0.2, 0.25) is 0 Å². The summed E-state index contributed by atoms with van der Waals surface area (Å²) in [5.74, 6) is -1.65. The van der Waals surface area contributed by atoms with Crippen LogP contribution in [0, 0.1) is 6.92 Å². The maximum atomic E-state index is 12.7. The fourth-order valence-corrected chi connectivity index (χ4v) is 1.52. The average molecular weight is 283 g/mol. The van der Waals surface area contributed by atoms with E-state index in [1.54, 1.807) is 0 Å². The van der Waals surface area contributed by atoms with Crippen LogP contribution in [0.4, 0.5) is 13.2 Å². The topological polar surface area (TPSA) is 70.3 Å². The number of carbonyl (C=O) groups excluding carboxylic acids is 1. The number of hydrogen-bond donors (Lipinski definition) is 0. The van der Waals surface area contributed by atoms with Gasteiger partial charge in [-0.05, 0) is 19.1 Å². The quantitative estimate of drug-likeness (QED) is 0.539. The van der Waals surface area contributed by atoms with Crippen molar-refractivity contribution in [3.63, 3.8) is 0 Å². The van der Waals surface area contributed by atoms with E-state index in [2.05, 4.69) is 10.2 Å². The second-order valence-corrected chi connectivity index (χ2v) is 3.32. The number of carboxylic acids is 1. The van der Waals surface area contributed by atoms with E-state index in [1.807, 2.05) is 0 Å². The largest absolute Gasteiger partial charge is 1.00 e. The van der Waals surface area contributed by atoms with E-state index in [0.717, 1.165) is 6.07 Å². The van der Waals surface area contributed by atoms with E-state index in [4.69, 9.17) is 0 Å². The molecule has 2 aromatic heterocycles. The van der Waals surface area contributed by atoms with Crippen LogP contribution in [0.25, 0.3) is 5.65 Å². The number of fused-ring (bicyclic) bond motifs is 1. The fourth-order valence-electron chi connectivity index (χ4n) is 1.52. The molecule has 0 aliphatic rings. The molecule has 0 N–H and O–H groups in total. The van der Waals surface area contributed by atoms with Crippen LogP contribution in [0.15, 0.2) is 12.1 Å². The first-order valence-electron chi connectivity index (χ1n) is 4.45. The zero-order valence-corrected chi connectivity index (χ0v) is 12.6. The number of alkyl halides is 3. The Balaban J connectivity index is 0.00000162. The minimum absolute atomic E-state index is 0. The molecule has 0 saturated carbocycles. The number of halogens is 3. The molecule has 2 heterocycles. The third-order valence-corrected chi connectivity index (χ3v) is 2.22. The smallest absolute Gasteiger partial charge is 0.545 e. The van der Waals surface area contributed by atoms with Gasteiger partial charge in [0.25, 0.3) is 0 Å². The van der Waals surface area contributed by atoms with Gasteiger partial charge in [-0.3, -0.25) is 4.40 Å². The molecule has 0 spiro atoms. The summed E-state index contributed by atoms with van der Waals surface area (Å²) in [6.45, 7) is 1.30. The predicted molar refractivity (Wildman–Crippen MR) is 47.1 cm³/mol. The summed E-state index contributed by atoms with van der Waals surface area (Å²) in [6.07, 6.45) is -4.62. The first-order chi connectivity index (χ1) is 7.82. The molecular formula is C9H5F3KN3O2. The van der Waals surface area contributed by atoms with Crippen LogP contribution in [-0.2, 0) is 6.18 Å². The van der Waals surface area contributed by atoms with Crippen molar-refractivity contribution in [1.82, 2.24) is 14.6 Å². The van der Waals surface area contributed by atoms with E-state index in [-0.39, 0.29) is 62.9 Å². The predicted octanol–water partition coefficient (Wildman–Crippen LogP) is -2.58. The van der Waals surface area contributed by atoms with Gasteiger partial charge in [-0.1, -0.05) is 0 Å². The van der Waals surface area contributed by atoms with Crippen LogP contribution >= 0.6 is 0 Å². The molecule has 0 aromatic carbocycles. The molecule has 9 heteroatoms. The van der Waals surface area contributed by atoms with Gasteiger partial charge in [-0.15, -0.1) is 10.2 Å². The summed E-state index contributed by atoms with van der Waals surface area (Å²) in [5, 5.41) is 17.6. The van der Waals surface area contributed by atoms with Crippen molar-refractivity contribution in [2.24, 2.45) is 0 Å². The van der Waals surface area contributed by atoms with Gasteiger partial charge in [0.05, 0.1) is 5.97 Å². The minimum Gasteiger partial charge on any atom is -0.545 e. The Morgan fingerprint density at radius 1 is 1.33 bits per heavy atom. The molecule has 0 unspecified atom stereocenters. The number of carboxylic acid groups (broad SMARTS) is 1. The maximum Gasteiger partial charge on any atom is 1.00 e. The van der Waals surface area contributed by atoms with Crippen LogP contribution in [0.1, 0.15) is 21.9 Å². The summed E-state index contributed by atoms with van der Waals surface area (Å²) in [7, 11) is 0. The monoisotopic (exact) mass is 283 g/mol. The van der Waals surface area contributed by atoms with E-state index < -0.39 is 23.4 Å². The van der Waals surface area contributed by atoms with Gasteiger partial charge in [-0.2, -0.15) is 13.2 Å². The van der Waals surface area contributed by atoms with E-state index in [1.165, 1.54) is 6.92 Å². The van der Waals surface area contributed by atoms with E-state index in [9.17, 15) is 23.1 Å².